The third-order valence-electron chi connectivity index (χ3n) is 6.85. The molecule has 1 aliphatic carbocycles. The molecule has 7 heteroatoms. The van der Waals surface area contributed by atoms with E-state index >= 15 is 0 Å². The average Bonchev–Trinajstić information content (AvgIpc) is 3.21. The van der Waals surface area contributed by atoms with E-state index < -0.39 is 4.87 Å². The Morgan fingerprint density at radius 2 is 1.85 bits per heavy atom. The lowest BCUT2D eigenvalue weighted by Crippen LogP contribution is -2.55. The standard InChI is InChI=1S/C26H30ClN3O2S/c1-25(2)17-30(24(32)28-20-11-7-4-8-12-20)26(33-25)21-15-19(27)13-14-22(21)29(23(26)31)16-18-9-5-3-6-10-18/h3,5-6,9-10,13-15,20H,4,7-8,11-12,16-17H2,1-2H3,(H,28,32)/t26-/m1/s1. The van der Waals surface area contributed by atoms with Crippen molar-refractivity contribution in [3.63, 3.8) is 0 Å². The van der Waals surface area contributed by atoms with E-state index in [9.17, 15) is 9.59 Å². The summed E-state index contributed by atoms with van der Waals surface area (Å²) >= 11 is 8.00. The first kappa shape index (κ1) is 22.6. The molecular weight excluding hydrogens is 454 g/mol. The van der Waals surface area contributed by atoms with Crippen LogP contribution in [0.25, 0.3) is 0 Å². The smallest absolute Gasteiger partial charge is 0.319 e. The van der Waals surface area contributed by atoms with Crippen LogP contribution in [-0.4, -0.2) is 34.2 Å². The minimum Gasteiger partial charge on any atom is -0.335 e. The highest BCUT2D eigenvalue weighted by Gasteiger charge is 2.63. The molecule has 3 amide bonds. The number of nitrogens with one attached hydrogen (secondary N) is 1. The van der Waals surface area contributed by atoms with Gasteiger partial charge in [0.25, 0.3) is 5.91 Å². The quantitative estimate of drug-likeness (QED) is 0.590. The van der Waals surface area contributed by atoms with Crippen molar-refractivity contribution in [2.75, 3.05) is 11.4 Å². The molecule has 1 spiro atoms. The molecule has 2 aliphatic heterocycles. The van der Waals surface area contributed by atoms with Gasteiger partial charge >= 0.3 is 6.03 Å². The molecule has 0 unspecified atom stereocenters. The van der Waals surface area contributed by atoms with Gasteiger partial charge in [0.15, 0.2) is 4.87 Å². The number of halogens is 1. The van der Waals surface area contributed by atoms with Gasteiger partial charge in [-0.15, -0.1) is 11.8 Å². The number of nitrogens with zero attached hydrogens (tertiary/aromatic N) is 2. The summed E-state index contributed by atoms with van der Waals surface area (Å²) in [6.07, 6.45) is 5.50. The largest absolute Gasteiger partial charge is 0.335 e. The molecule has 2 fully saturated rings. The molecule has 2 aromatic rings. The Morgan fingerprint density at radius 3 is 2.58 bits per heavy atom. The van der Waals surface area contributed by atoms with Crippen molar-refractivity contribution >= 4 is 41.0 Å². The summed E-state index contributed by atoms with van der Waals surface area (Å²) in [6.45, 7) is 5.15. The predicted octanol–water partition coefficient (Wildman–Crippen LogP) is 5.91. The van der Waals surface area contributed by atoms with E-state index in [1.165, 1.54) is 6.42 Å². The van der Waals surface area contributed by atoms with Crippen LogP contribution in [0.3, 0.4) is 0 Å². The van der Waals surface area contributed by atoms with Crippen molar-refractivity contribution in [3.05, 3.63) is 64.7 Å². The van der Waals surface area contributed by atoms with Gasteiger partial charge in [0, 0.05) is 27.9 Å². The van der Waals surface area contributed by atoms with Gasteiger partial charge in [0.1, 0.15) is 0 Å². The molecule has 174 valence electrons. The van der Waals surface area contributed by atoms with Gasteiger partial charge in [-0.3, -0.25) is 9.69 Å². The number of hydrogen-bond acceptors (Lipinski definition) is 3. The molecule has 5 rings (SSSR count). The summed E-state index contributed by atoms with van der Waals surface area (Å²) in [4.78, 5) is 30.4. The van der Waals surface area contributed by atoms with Crippen LogP contribution in [0, 0.1) is 0 Å². The van der Waals surface area contributed by atoms with Crippen molar-refractivity contribution in [3.8, 4) is 0 Å². The zero-order chi connectivity index (χ0) is 23.2. The van der Waals surface area contributed by atoms with Crippen LogP contribution in [0.5, 0.6) is 0 Å². The Labute approximate surface area is 204 Å². The van der Waals surface area contributed by atoms with E-state index in [4.69, 9.17) is 11.6 Å². The number of anilines is 1. The summed E-state index contributed by atoms with van der Waals surface area (Å²) in [5, 5.41) is 3.82. The number of benzene rings is 2. The lowest BCUT2D eigenvalue weighted by atomic mass is 9.95. The van der Waals surface area contributed by atoms with Crippen LogP contribution >= 0.6 is 23.4 Å². The summed E-state index contributed by atoms with van der Waals surface area (Å²) < 4.78 is -0.276. The van der Waals surface area contributed by atoms with Crippen molar-refractivity contribution in [1.29, 1.82) is 0 Å². The maximum absolute atomic E-state index is 14.2. The SMILES string of the molecule is CC1(C)CN(C(=O)NC2CCCCC2)[C@]2(S1)C(=O)N(Cc1ccccc1)c1ccc(Cl)cc12. The van der Waals surface area contributed by atoms with Crippen LogP contribution in [0.2, 0.25) is 5.02 Å². The number of hydrogen-bond donors (Lipinski definition) is 1. The second kappa shape index (κ2) is 8.55. The summed E-state index contributed by atoms with van der Waals surface area (Å²) in [5.74, 6) is -0.0713. The minimum absolute atomic E-state index is 0.0713. The number of carbonyl (C=O) groups excluding carboxylic acids is 2. The number of rotatable bonds is 3. The lowest BCUT2D eigenvalue weighted by Gasteiger charge is -2.35. The fourth-order valence-corrected chi connectivity index (χ4v) is 7.29. The van der Waals surface area contributed by atoms with Crippen molar-refractivity contribution in [2.45, 2.75) is 68.2 Å². The summed E-state index contributed by atoms with van der Waals surface area (Å²) in [6, 6.07) is 15.6. The topological polar surface area (TPSA) is 52.7 Å². The lowest BCUT2D eigenvalue weighted by molar-refractivity contribution is -0.123. The zero-order valence-corrected chi connectivity index (χ0v) is 20.7. The molecule has 5 nitrogen and oxygen atoms in total. The Balaban J connectivity index is 1.55. The third-order valence-corrected chi connectivity index (χ3v) is 8.68. The van der Waals surface area contributed by atoms with Gasteiger partial charge < -0.3 is 10.2 Å². The third kappa shape index (κ3) is 4.01. The highest BCUT2D eigenvalue weighted by Crippen LogP contribution is 2.60. The molecule has 0 radical (unpaired) electrons. The molecule has 0 bridgehead atoms. The number of carbonyl (C=O) groups is 2. The van der Waals surface area contributed by atoms with Gasteiger partial charge in [0.05, 0.1) is 12.2 Å². The highest BCUT2D eigenvalue weighted by atomic mass is 35.5. The summed E-state index contributed by atoms with van der Waals surface area (Å²) in [7, 11) is 0. The average molecular weight is 484 g/mol. The van der Waals surface area contributed by atoms with Crippen LogP contribution in [0.15, 0.2) is 48.5 Å². The highest BCUT2D eigenvalue weighted by molar-refractivity contribution is 8.02. The monoisotopic (exact) mass is 483 g/mol. The molecule has 2 heterocycles. The van der Waals surface area contributed by atoms with Crippen LogP contribution in [0.4, 0.5) is 10.5 Å². The Kier molecular flexibility index (Phi) is 5.86. The van der Waals surface area contributed by atoms with Gasteiger partial charge in [-0.05, 0) is 50.5 Å². The van der Waals surface area contributed by atoms with Crippen LogP contribution in [-0.2, 0) is 16.2 Å². The van der Waals surface area contributed by atoms with E-state index in [2.05, 4.69) is 19.2 Å². The Bertz CT molecular complexity index is 1070. The molecule has 1 saturated heterocycles. The zero-order valence-electron chi connectivity index (χ0n) is 19.1. The van der Waals surface area contributed by atoms with E-state index in [0.29, 0.717) is 18.1 Å². The first-order chi connectivity index (χ1) is 15.8. The van der Waals surface area contributed by atoms with E-state index in [0.717, 1.165) is 42.5 Å². The number of fused-ring (bicyclic) bond motifs is 2. The molecule has 0 aromatic heterocycles. The first-order valence-electron chi connectivity index (χ1n) is 11.7. The maximum atomic E-state index is 14.2. The first-order valence-corrected chi connectivity index (χ1v) is 12.9. The number of thioether (sulfide) groups is 1. The van der Waals surface area contributed by atoms with Gasteiger partial charge in [0.2, 0.25) is 0 Å². The predicted molar refractivity (Wildman–Crippen MR) is 135 cm³/mol. The number of amides is 3. The van der Waals surface area contributed by atoms with Crippen molar-refractivity contribution in [1.82, 2.24) is 10.2 Å². The molecule has 1 atom stereocenters. The fourth-order valence-electron chi connectivity index (χ4n) is 5.40. The normalized spacial score (nSPS) is 24.4. The van der Waals surface area contributed by atoms with E-state index in [1.807, 2.05) is 53.4 Å². The minimum atomic E-state index is -1.11. The molecule has 1 saturated carbocycles. The van der Waals surface area contributed by atoms with Gasteiger partial charge in [-0.2, -0.15) is 0 Å². The van der Waals surface area contributed by atoms with Gasteiger partial charge in [-0.25, -0.2) is 4.79 Å². The van der Waals surface area contributed by atoms with Crippen molar-refractivity contribution in [2.24, 2.45) is 0 Å². The summed E-state index contributed by atoms with van der Waals surface area (Å²) in [5.41, 5.74) is 2.68. The Morgan fingerprint density at radius 1 is 1.12 bits per heavy atom. The molecule has 33 heavy (non-hydrogen) atoms. The Hall–Kier alpha value is -2.18. The van der Waals surface area contributed by atoms with E-state index in [1.54, 1.807) is 16.7 Å². The number of urea groups is 1. The van der Waals surface area contributed by atoms with Gasteiger partial charge in [-0.1, -0.05) is 61.2 Å². The second-order valence-electron chi connectivity index (χ2n) is 9.91. The molecular formula is C26H30ClN3O2S. The molecule has 3 aliphatic rings. The fraction of sp³-hybridized carbons (Fsp3) is 0.462. The van der Waals surface area contributed by atoms with Crippen LogP contribution < -0.4 is 10.2 Å². The van der Waals surface area contributed by atoms with Crippen molar-refractivity contribution < 1.29 is 9.59 Å². The van der Waals surface area contributed by atoms with E-state index in [-0.39, 0.29) is 22.7 Å². The molecule has 2 aromatic carbocycles. The second-order valence-corrected chi connectivity index (χ2v) is 12.3. The van der Waals surface area contributed by atoms with Crippen LogP contribution in [0.1, 0.15) is 57.1 Å². The maximum Gasteiger partial charge on any atom is 0.319 e. The molecule has 1 N–H and O–H groups in total.